The second kappa shape index (κ2) is 11.1. The zero-order chi connectivity index (χ0) is 24.9. The van der Waals surface area contributed by atoms with E-state index in [0.29, 0.717) is 0 Å². The fourth-order valence-electron chi connectivity index (χ4n) is 3.24. The maximum absolute atomic E-state index is 13.4. The van der Waals surface area contributed by atoms with Crippen molar-refractivity contribution in [2.45, 2.75) is 25.7 Å². The van der Waals surface area contributed by atoms with Gasteiger partial charge in [0.1, 0.15) is 18.9 Å². The van der Waals surface area contributed by atoms with Gasteiger partial charge in [-0.3, -0.25) is 9.10 Å². The van der Waals surface area contributed by atoms with E-state index < -0.39 is 22.5 Å². The zero-order valence-corrected chi connectivity index (χ0v) is 21.5. The van der Waals surface area contributed by atoms with Gasteiger partial charge in [0.05, 0.1) is 17.1 Å². The summed E-state index contributed by atoms with van der Waals surface area (Å²) in [5, 5.41) is 3.23. The summed E-state index contributed by atoms with van der Waals surface area (Å²) < 4.78 is 33.6. The molecule has 0 aliphatic rings. The van der Waals surface area contributed by atoms with Crippen LogP contribution in [0.1, 0.15) is 16.7 Å². The molecule has 0 aromatic heterocycles. The zero-order valence-electron chi connectivity index (χ0n) is 19.1. The Balaban J connectivity index is 1.75. The molecule has 6 nitrogen and oxygen atoms in total. The lowest BCUT2D eigenvalue weighted by molar-refractivity contribution is -0.119. The number of aryl methyl sites for hydroxylation is 3. The maximum Gasteiger partial charge on any atom is 0.264 e. The van der Waals surface area contributed by atoms with E-state index in [-0.39, 0.29) is 33.8 Å². The molecule has 0 radical (unpaired) electrons. The van der Waals surface area contributed by atoms with Gasteiger partial charge in [0.25, 0.3) is 10.0 Å². The third-order valence-corrected chi connectivity index (χ3v) is 7.28. The van der Waals surface area contributed by atoms with Gasteiger partial charge < -0.3 is 10.1 Å². The number of carbonyl (C=O) groups excluding carboxylic acids is 1. The number of hydrogen-bond acceptors (Lipinski definition) is 4. The highest BCUT2D eigenvalue weighted by Gasteiger charge is 2.27. The van der Waals surface area contributed by atoms with Crippen LogP contribution in [0.5, 0.6) is 5.75 Å². The highest BCUT2D eigenvalue weighted by atomic mass is 35.5. The first kappa shape index (κ1) is 25.9. The molecule has 34 heavy (non-hydrogen) atoms. The number of sulfonamides is 1. The molecule has 0 saturated carbocycles. The number of halogens is 2. The number of hydrogen-bond donors (Lipinski definition) is 1. The highest BCUT2D eigenvalue weighted by molar-refractivity contribution is 7.92. The van der Waals surface area contributed by atoms with Crippen LogP contribution in [-0.2, 0) is 14.8 Å². The summed E-state index contributed by atoms with van der Waals surface area (Å²) in [6.07, 6.45) is 0. The summed E-state index contributed by atoms with van der Waals surface area (Å²) >= 11 is 12.2. The highest BCUT2D eigenvalue weighted by Crippen LogP contribution is 2.29. The van der Waals surface area contributed by atoms with Gasteiger partial charge in [0, 0.05) is 10.0 Å². The van der Waals surface area contributed by atoms with Crippen molar-refractivity contribution in [2.75, 3.05) is 24.0 Å². The summed E-state index contributed by atoms with van der Waals surface area (Å²) in [6, 6.07) is 16.7. The van der Waals surface area contributed by atoms with Crippen molar-refractivity contribution in [3.63, 3.8) is 0 Å². The second-order valence-electron chi connectivity index (χ2n) is 7.92. The molecule has 0 unspecified atom stereocenters. The first-order chi connectivity index (χ1) is 16.1. The Kier molecular flexibility index (Phi) is 8.47. The lowest BCUT2D eigenvalue weighted by atomic mass is 10.1. The summed E-state index contributed by atoms with van der Waals surface area (Å²) in [7, 11) is -4.06. The van der Waals surface area contributed by atoms with Crippen LogP contribution in [-0.4, -0.2) is 34.0 Å². The lowest BCUT2D eigenvalue weighted by Crippen LogP contribution is -2.42. The third kappa shape index (κ3) is 6.65. The molecule has 1 amide bonds. The summed E-state index contributed by atoms with van der Waals surface area (Å²) in [6.45, 7) is 5.77. The molecule has 0 atom stereocenters. The van der Waals surface area contributed by atoms with Gasteiger partial charge in [0.2, 0.25) is 5.91 Å². The van der Waals surface area contributed by atoms with Gasteiger partial charge in [-0.15, -0.1) is 0 Å². The molecule has 0 heterocycles. The van der Waals surface area contributed by atoms with Crippen molar-refractivity contribution in [3.8, 4) is 5.75 Å². The number of ether oxygens (including phenoxy) is 1. The minimum absolute atomic E-state index is 0.0558. The van der Waals surface area contributed by atoms with Crippen LogP contribution in [0.3, 0.4) is 0 Å². The fraction of sp³-hybridized carbons (Fsp3) is 0.240. The predicted octanol–water partition coefficient (Wildman–Crippen LogP) is 5.31. The Bertz CT molecular complexity index is 1260. The quantitative estimate of drug-likeness (QED) is 0.388. The Morgan fingerprint density at radius 2 is 1.53 bits per heavy atom. The molecule has 0 fully saturated rings. The molecular weight excluding hydrogens is 495 g/mol. The van der Waals surface area contributed by atoms with Gasteiger partial charge in [0.15, 0.2) is 0 Å². The van der Waals surface area contributed by atoms with Gasteiger partial charge in [-0.05, 0) is 68.3 Å². The van der Waals surface area contributed by atoms with Crippen LogP contribution in [0.4, 0.5) is 5.69 Å². The lowest BCUT2D eigenvalue weighted by Gasteiger charge is -2.24. The molecule has 1 N–H and O–H groups in total. The third-order valence-electron chi connectivity index (χ3n) is 5.06. The van der Waals surface area contributed by atoms with Crippen molar-refractivity contribution in [3.05, 3.63) is 87.4 Å². The maximum atomic E-state index is 13.4. The molecule has 0 spiro atoms. The normalized spacial score (nSPS) is 11.2. The van der Waals surface area contributed by atoms with E-state index in [2.05, 4.69) is 5.32 Å². The molecule has 180 valence electrons. The van der Waals surface area contributed by atoms with E-state index in [0.717, 1.165) is 26.7 Å². The number of benzene rings is 3. The number of rotatable bonds is 9. The number of amides is 1. The van der Waals surface area contributed by atoms with Gasteiger partial charge >= 0.3 is 0 Å². The molecule has 0 bridgehead atoms. The molecule has 0 aliphatic heterocycles. The summed E-state index contributed by atoms with van der Waals surface area (Å²) in [5.74, 6) is 0.253. The standard InChI is InChI=1S/C25H26Cl2N2O4S/c1-17-5-8-23(9-6-17)34(31,32)29(22-14-20(26)13-21(27)15-22)16-25(30)28-10-11-33-24-12-18(2)4-7-19(24)3/h4-9,12-15H,10-11,16H2,1-3H3,(H,28,30). The number of anilines is 1. The Morgan fingerprint density at radius 3 is 2.18 bits per heavy atom. The molecule has 0 saturated heterocycles. The van der Waals surface area contributed by atoms with Crippen LogP contribution >= 0.6 is 23.2 Å². The van der Waals surface area contributed by atoms with Crippen molar-refractivity contribution >= 4 is 44.8 Å². The van der Waals surface area contributed by atoms with E-state index >= 15 is 0 Å². The number of carbonyl (C=O) groups is 1. The number of nitrogens with one attached hydrogen (secondary N) is 1. The Hall–Kier alpha value is -2.74. The molecule has 9 heteroatoms. The van der Waals surface area contributed by atoms with Crippen LogP contribution < -0.4 is 14.4 Å². The molecule has 0 aliphatic carbocycles. The Labute approximate surface area is 210 Å². The van der Waals surface area contributed by atoms with Gasteiger partial charge in [-0.1, -0.05) is 53.0 Å². The number of nitrogens with zero attached hydrogens (tertiary/aromatic N) is 1. The van der Waals surface area contributed by atoms with E-state index in [1.165, 1.54) is 30.3 Å². The Morgan fingerprint density at radius 1 is 0.912 bits per heavy atom. The average Bonchev–Trinajstić information content (AvgIpc) is 2.76. The minimum Gasteiger partial charge on any atom is -0.491 e. The molecule has 3 rings (SSSR count). The van der Waals surface area contributed by atoms with Crippen molar-refractivity contribution < 1.29 is 17.9 Å². The molecule has 3 aromatic rings. The monoisotopic (exact) mass is 520 g/mol. The van der Waals surface area contributed by atoms with Crippen molar-refractivity contribution in [2.24, 2.45) is 0 Å². The molecular formula is C25H26Cl2N2O4S. The first-order valence-corrected chi connectivity index (χ1v) is 12.8. The minimum atomic E-state index is -4.06. The van der Waals surface area contributed by atoms with E-state index in [9.17, 15) is 13.2 Å². The van der Waals surface area contributed by atoms with E-state index in [1.807, 2.05) is 39.0 Å². The van der Waals surface area contributed by atoms with Gasteiger partial charge in [-0.2, -0.15) is 0 Å². The topological polar surface area (TPSA) is 75.7 Å². The van der Waals surface area contributed by atoms with Crippen LogP contribution in [0.2, 0.25) is 10.0 Å². The van der Waals surface area contributed by atoms with E-state index in [4.69, 9.17) is 27.9 Å². The van der Waals surface area contributed by atoms with Crippen LogP contribution in [0.15, 0.2) is 65.6 Å². The summed E-state index contributed by atoms with van der Waals surface area (Å²) in [4.78, 5) is 12.8. The van der Waals surface area contributed by atoms with Crippen molar-refractivity contribution in [1.82, 2.24) is 5.32 Å². The fourth-order valence-corrected chi connectivity index (χ4v) is 5.16. The average molecular weight is 521 g/mol. The smallest absolute Gasteiger partial charge is 0.264 e. The summed E-state index contributed by atoms with van der Waals surface area (Å²) in [5.41, 5.74) is 3.17. The largest absolute Gasteiger partial charge is 0.491 e. The second-order valence-corrected chi connectivity index (χ2v) is 10.7. The van der Waals surface area contributed by atoms with E-state index in [1.54, 1.807) is 12.1 Å². The van der Waals surface area contributed by atoms with Crippen molar-refractivity contribution in [1.29, 1.82) is 0 Å². The SMILES string of the molecule is Cc1ccc(S(=O)(=O)N(CC(=O)NCCOc2cc(C)ccc2C)c2cc(Cl)cc(Cl)c2)cc1. The van der Waals surface area contributed by atoms with Crippen LogP contribution in [0.25, 0.3) is 0 Å². The molecule has 3 aromatic carbocycles. The predicted molar refractivity (Wildman–Crippen MR) is 137 cm³/mol. The van der Waals surface area contributed by atoms with Crippen LogP contribution in [0, 0.1) is 20.8 Å². The first-order valence-electron chi connectivity index (χ1n) is 10.6. The van der Waals surface area contributed by atoms with Gasteiger partial charge in [-0.25, -0.2) is 8.42 Å².